The summed E-state index contributed by atoms with van der Waals surface area (Å²) in [4.78, 5) is 28.1. The van der Waals surface area contributed by atoms with E-state index in [0.29, 0.717) is 19.4 Å². The lowest BCUT2D eigenvalue weighted by Crippen LogP contribution is -2.53. The molecule has 1 aliphatic heterocycles. The molecule has 0 spiro atoms. The van der Waals surface area contributed by atoms with Crippen LogP contribution in [-0.4, -0.2) is 41.3 Å². The van der Waals surface area contributed by atoms with Gasteiger partial charge in [0.1, 0.15) is 6.61 Å². The molecule has 1 heterocycles. The van der Waals surface area contributed by atoms with Crippen LogP contribution in [0.1, 0.15) is 24.8 Å². The summed E-state index contributed by atoms with van der Waals surface area (Å²) in [6.07, 6.45) is -0.283. The van der Waals surface area contributed by atoms with E-state index in [-0.39, 0.29) is 18.4 Å². The fourth-order valence-electron chi connectivity index (χ4n) is 2.21. The third kappa shape index (κ3) is 4.27. The fraction of sp³-hybridized carbons (Fsp3) is 0.467. The van der Waals surface area contributed by atoms with Crippen molar-refractivity contribution in [2.45, 2.75) is 38.0 Å². The van der Waals surface area contributed by atoms with Crippen LogP contribution in [0.25, 0.3) is 0 Å². The number of β-lactam (4-membered cyclic amide) rings is 1. The van der Waals surface area contributed by atoms with Gasteiger partial charge in [-0.2, -0.15) is 0 Å². The Morgan fingerprint density at radius 2 is 2.14 bits per heavy atom. The van der Waals surface area contributed by atoms with Crippen LogP contribution in [0.2, 0.25) is 0 Å². The Bertz CT molecular complexity index is 490. The number of nitrogens with zero attached hydrogens (tertiary/aromatic N) is 1. The Kier molecular flexibility index (Phi) is 5.30. The van der Waals surface area contributed by atoms with Crippen LogP contribution in [0, 0.1) is 0 Å². The highest BCUT2D eigenvalue weighted by Gasteiger charge is 2.38. The molecule has 0 saturated carbocycles. The molecular weight excluding hydrogens is 274 g/mol. The van der Waals surface area contributed by atoms with Gasteiger partial charge in [0.05, 0.1) is 32.1 Å². The normalized spacial score (nSPS) is 19.0. The van der Waals surface area contributed by atoms with E-state index in [9.17, 15) is 14.7 Å². The van der Waals surface area contributed by atoms with Crippen molar-refractivity contribution in [3.63, 3.8) is 0 Å². The number of hydrogen-bond donors (Lipinski definition) is 1. The highest BCUT2D eigenvalue weighted by atomic mass is 16.7. The van der Waals surface area contributed by atoms with E-state index in [4.69, 9.17) is 4.84 Å². The molecule has 2 atom stereocenters. The van der Waals surface area contributed by atoms with Crippen LogP contribution in [0.3, 0.4) is 0 Å². The van der Waals surface area contributed by atoms with E-state index < -0.39 is 12.1 Å². The lowest BCUT2D eigenvalue weighted by atomic mass is 9.97. The van der Waals surface area contributed by atoms with Crippen LogP contribution in [-0.2, 0) is 25.8 Å². The SMILES string of the molecule is COC(=O)CC(O)CC1CC(=O)N1OCc1ccccc1. The van der Waals surface area contributed by atoms with Crippen molar-refractivity contribution < 1.29 is 24.3 Å². The lowest BCUT2D eigenvalue weighted by Gasteiger charge is -2.39. The molecule has 2 rings (SSSR count). The Balaban J connectivity index is 1.79. The fourth-order valence-corrected chi connectivity index (χ4v) is 2.21. The number of hydrogen-bond acceptors (Lipinski definition) is 5. The minimum Gasteiger partial charge on any atom is -0.469 e. The van der Waals surface area contributed by atoms with E-state index in [0.717, 1.165) is 5.56 Å². The number of aliphatic hydroxyl groups is 1. The predicted molar refractivity (Wildman–Crippen MR) is 73.7 cm³/mol. The maximum atomic E-state index is 11.5. The van der Waals surface area contributed by atoms with Crippen molar-refractivity contribution in [2.75, 3.05) is 7.11 Å². The second-order valence-corrected chi connectivity index (χ2v) is 5.01. The monoisotopic (exact) mass is 293 g/mol. The molecule has 1 fully saturated rings. The van der Waals surface area contributed by atoms with Crippen LogP contribution < -0.4 is 0 Å². The van der Waals surface area contributed by atoms with Crippen molar-refractivity contribution in [2.24, 2.45) is 0 Å². The van der Waals surface area contributed by atoms with E-state index in [2.05, 4.69) is 4.74 Å². The maximum Gasteiger partial charge on any atom is 0.308 e. The summed E-state index contributed by atoms with van der Waals surface area (Å²) in [5.41, 5.74) is 0.964. The standard InChI is InChI=1S/C15H19NO5/c1-20-15(19)9-13(17)7-12-8-14(18)16(12)21-10-11-5-3-2-4-6-11/h2-6,12-13,17H,7-10H2,1H3. The second kappa shape index (κ2) is 7.19. The Hall–Kier alpha value is -1.92. The topological polar surface area (TPSA) is 76.1 Å². The number of amides is 1. The smallest absolute Gasteiger partial charge is 0.308 e. The van der Waals surface area contributed by atoms with Gasteiger partial charge in [-0.3, -0.25) is 14.4 Å². The van der Waals surface area contributed by atoms with Crippen molar-refractivity contribution in [3.8, 4) is 0 Å². The molecule has 0 aromatic heterocycles. The number of aliphatic hydroxyl groups excluding tert-OH is 1. The third-order valence-electron chi connectivity index (χ3n) is 3.37. The molecule has 1 N–H and O–H groups in total. The molecule has 1 amide bonds. The van der Waals surface area contributed by atoms with Gasteiger partial charge >= 0.3 is 5.97 Å². The molecule has 0 aliphatic carbocycles. The molecule has 21 heavy (non-hydrogen) atoms. The van der Waals surface area contributed by atoms with Crippen LogP contribution in [0.4, 0.5) is 0 Å². The van der Waals surface area contributed by atoms with Crippen LogP contribution in [0.15, 0.2) is 30.3 Å². The third-order valence-corrected chi connectivity index (χ3v) is 3.37. The summed E-state index contributed by atoms with van der Waals surface area (Å²) >= 11 is 0. The van der Waals surface area contributed by atoms with Gasteiger partial charge in [0.25, 0.3) is 0 Å². The minimum absolute atomic E-state index is 0.0757. The number of carbonyl (C=O) groups excluding carboxylic acids is 2. The average Bonchev–Trinajstić information content (AvgIpc) is 2.47. The molecule has 1 aliphatic rings. The average molecular weight is 293 g/mol. The zero-order valence-corrected chi connectivity index (χ0v) is 11.9. The quantitative estimate of drug-likeness (QED) is 0.600. The highest BCUT2D eigenvalue weighted by molar-refractivity contribution is 5.81. The number of hydroxylamine groups is 2. The Morgan fingerprint density at radius 1 is 1.43 bits per heavy atom. The van der Waals surface area contributed by atoms with Gasteiger partial charge in [0, 0.05) is 0 Å². The molecular formula is C15H19NO5. The van der Waals surface area contributed by atoms with Gasteiger partial charge in [0.2, 0.25) is 5.91 Å². The summed E-state index contributed by atoms with van der Waals surface area (Å²) in [7, 11) is 1.28. The molecule has 1 aromatic rings. The van der Waals surface area contributed by atoms with Crippen LogP contribution in [0.5, 0.6) is 0 Å². The molecule has 2 unspecified atom stereocenters. The molecule has 1 aromatic carbocycles. The number of ether oxygens (including phenoxy) is 1. The summed E-state index contributed by atoms with van der Waals surface area (Å²) < 4.78 is 4.50. The lowest BCUT2D eigenvalue weighted by molar-refractivity contribution is -0.236. The number of carbonyl (C=O) groups is 2. The zero-order chi connectivity index (χ0) is 15.2. The van der Waals surface area contributed by atoms with Crippen molar-refractivity contribution in [1.82, 2.24) is 5.06 Å². The molecule has 6 heteroatoms. The Labute approximate surface area is 123 Å². The first kappa shape index (κ1) is 15.5. The van der Waals surface area contributed by atoms with Gasteiger partial charge < -0.3 is 9.84 Å². The summed E-state index contributed by atoms with van der Waals surface area (Å²) in [5, 5.41) is 11.1. The van der Waals surface area contributed by atoms with E-state index >= 15 is 0 Å². The van der Waals surface area contributed by atoms with E-state index in [1.807, 2.05) is 30.3 Å². The molecule has 114 valence electrons. The van der Waals surface area contributed by atoms with Gasteiger partial charge in [-0.15, -0.1) is 0 Å². The summed E-state index contributed by atoms with van der Waals surface area (Å²) in [6.45, 7) is 0.302. The molecule has 0 bridgehead atoms. The number of benzene rings is 1. The molecule has 6 nitrogen and oxygen atoms in total. The number of methoxy groups -OCH3 is 1. The number of rotatable bonds is 7. The van der Waals surface area contributed by atoms with Gasteiger partial charge in [-0.25, -0.2) is 5.06 Å². The molecule has 0 radical (unpaired) electrons. The largest absolute Gasteiger partial charge is 0.469 e. The number of esters is 1. The highest BCUT2D eigenvalue weighted by Crippen LogP contribution is 2.25. The van der Waals surface area contributed by atoms with Crippen molar-refractivity contribution in [1.29, 1.82) is 0 Å². The van der Waals surface area contributed by atoms with Crippen molar-refractivity contribution in [3.05, 3.63) is 35.9 Å². The second-order valence-electron chi connectivity index (χ2n) is 5.01. The van der Waals surface area contributed by atoms with Gasteiger partial charge in [0.15, 0.2) is 0 Å². The van der Waals surface area contributed by atoms with Gasteiger partial charge in [-0.05, 0) is 12.0 Å². The summed E-state index contributed by atoms with van der Waals surface area (Å²) in [5.74, 6) is -0.578. The zero-order valence-electron chi connectivity index (χ0n) is 11.9. The van der Waals surface area contributed by atoms with Gasteiger partial charge in [-0.1, -0.05) is 30.3 Å². The first-order valence-corrected chi connectivity index (χ1v) is 6.84. The first-order valence-electron chi connectivity index (χ1n) is 6.84. The van der Waals surface area contributed by atoms with E-state index in [1.54, 1.807) is 0 Å². The van der Waals surface area contributed by atoms with Crippen LogP contribution >= 0.6 is 0 Å². The maximum absolute atomic E-state index is 11.5. The minimum atomic E-state index is -0.835. The van der Waals surface area contributed by atoms with Crippen molar-refractivity contribution >= 4 is 11.9 Å². The Morgan fingerprint density at radius 3 is 2.76 bits per heavy atom. The first-order chi connectivity index (χ1) is 10.1. The summed E-state index contributed by atoms with van der Waals surface area (Å²) in [6, 6.07) is 9.32. The van der Waals surface area contributed by atoms with E-state index in [1.165, 1.54) is 12.2 Å². The predicted octanol–water partition coefficient (Wildman–Crippen LogP) is 1.03. The molecule has 1 saturated heterocycles.